The minimum Gasteiger partial charge on any atom is -0.342 e. The first-order chi connectivity index (χ1) is 11.0. The van der Waals surface area contributed by atoms with Crippen LogP contribution in [0.25, 0.3) is 0 Å². The number of rotatable bonds is 7. The summed E-state index contributed by atoms with van der Waals surface area (Å²) in [4.78, 5) is 14.1. The number of unbranched alkanes of at least 4 members (excludes halogenated alkanes) is 1. The zero-order valence-electron chi connectivity index (χ0n) is 13.7. The lowest BCUT2D eigenvalue weighted by molar-refractivity contribution is -0.131. The summed E-state index contributed by atoms with van der Waals surface area (Å²) in [5, 5.41) is 0. The van der Waals surface area contributed by atoms with Gasteiger partial charge in [-0.25, -0.2) is 13.1 Å². The van der Waals surface area contributed by atoms with Gasteiger partial charge in [-0.15, -0.1) is 0 Å². The molecule has 1 heterocycles. The predicted molar refractivity (Wildman–Crippen MR) is 91.6 cm³/mol. The van der Waals surface area contributed by atoms with Crippen LogP contribution in [0.5, 0.6) is 0 Å². The normalized spacial score (nSPS) is 16.5. The number of sulfonamides is 1. The van der Waals surface area contributed by atoms with E-state index in [1.165, 1.54) is 0 Å². The summed E-state index contributed by atoms with van der Waals surface area (Å²) in [6, 6.07) is 9.65. The van der Waals surface area contributed by atoms with Crippen molar-refractivity contribution < 1.29 is 13.2 Å². The monoisotopic (exact) mass is 338 g/mol. The Balaban J connectivity index is 1.78. The van der Waals surface area contributed by atoms with Crippen LogP contribution in [0.1, 0.15) is 38.2 Å². The number of carbonyl (C=O) groups excluding carboxylic acids is 1. The summed E-state index contributed by atoms with van der Waals surface area (Å²) in [5.74, 6) is 0.305. The molecule has 6 heteroatoms. The molecule has 1 amide bonds. The summed E-state index contributed by atoms with van der Waals surface area (Å²) >= 11 is 0. The average molecular weight is 338 g/mol. The highest BCUT2D eigenvalue weighted by molar-refractivity contribution is 7.89. The van der Waals surface area contributed by atoms with Crippen molar-refractivity contribution in [3.63, 3.8) is 0 Å². The fraction of sp³-hybridized carbons (Fsp3) is 0.588. The van der Waals surface area contributed by atoms with Crippen LogP contribution >= 0.6 is 0 Å². The van der Waals surface area contributed by atoms with Gasteiger partial charge in [0.1, 0.15) is 0 Å². The van der Waals surface area contributed by atoms with Gasteiger partial charge >= 0.3 is 0 Å². The third-order valence-electron chi connectivity index (χ3n) is 4.16. The van der Waals surface area contributed by atoms with Gasteiger partial charge in [0.05, 0.1) is 12.2 Å². The van der Waals surface area contributed by atoms with Crippen molar-refractivity contribution in [1.82, 2.24) is 9.62 Å². The second kappa shape index (κ2) is 8.45. The highest BCUT2D eigenvalue weighted by Crippen LogP contribution is 2.13. The lowest BCUT2D eigenvalue weighted by Gasteiger charge is -2.32. The van der Waals surface area contributed by atoms with E-state index in [1.54, 1.807) is 0 Å². The van der Waals surface area contributed by atoms with E-state index in [1.807, 2.05) is 42.2 Å². The summed E-state index contributed by atoms with van der Waals surface area (Å²) in [5.41, 5.74) is 1.01. The Labute approximate surface area is 139 Å². The first-order valence-corrected chi connectivity index (χ1v) is 9.97. The van der Waals surface area contributed by atoms with Crippen LogP contribution in [0.3, 0.4) is 0 Å². The molecule has 128 valence electrons. The Hall–Kier alpha value is -1.40. The van der Waals surface area contributed by atoms with Crippen molar-refractivity contribution in [2.75, 3.05) is 18.8 Å². The van der Waals surface area contributed by atoms with E-state index < -0.39 is 10.0 Å². The van der Waals surface area contributed by atoms with Gasteiger partial charge in [-0.3, -0.25) is 4.79 Å². The molecule has 1 aromatic carbocycles. The molecule has 0 aliphatic carbocycles. The third kappa shape index (κ3) is 5.95. The van der Waals surface area contributed by atoms with E-state index in [0.29, 0.717) is 38.8 Å². The number of hydrogen-bond donors (Lipinski definition) is 1. The molecule has 0 bridgehead atoms. The molecule has 1 aliphatic heterocycles. The molecule has 1 aliphatic rings. The van der Waals surface area contributed by atoms with Crippen LogP contribution in [0.4, 0.5) is 0 Å². The van der Waals surface area contributed by atoms with Crippen molar-refractivity contribution in [3.05, 3.63) is 35.9 Å². The molecule has 0 saturated carbocycles. The maximum absolute atomic E-state index is 12.3. The van der Waals surface area contributed by atoms with E-state index >= 15 is 0 Å². The third-order valence-corrected chi connectivity index (χ3v) is 5.68. The maximum Gasteiger partial charge on any atom is 0.226 e. The molecule has 1 fully saturated rings. The summed E-state index contributed by atoms with van der Waals surface area (Å²) in [6.45, 7) is 3.21. The number of benzene rings is 1. The number of piperidine rings is 1. The first-order valence-electron chi connectivity index (χ1n) is 8.32. The Bertz CT molecular complexity index is 594. The molecule has 1 N–H and O–H groups in total. The van der Waals surface area contributed by atoms with Crippen molar-refractivity contribution in [3.8, 4) is 0 Å². The summed E-state index contributed by atoms with van der Waals surface area (Å²) < 4.78 is 26.6. The van der Waals surface area contributed by atoms with Crippen molar-refractivity contribution in [1.29, 1.82) is 0 Å². The van der Waals surface area contributed by atoms with Crippen LogP contribution in [-0.4, -0.2) is 44.1 Å². The van der Waals surface area contributed by atoms with Crippen LogP contribution in [0.15, 0.2) is 30.3 Å². The van der Waals surface area contributed by atoms with E-state index in [-0.39, 0.29) is 17.7 Å². The van der Waals surface area contributed by atoms with Crippen molar-refractivity contribution >= 4 is 15.9 Å². The Morgan fingerprint density at radius 3 is 2.48 bits per heavy atom. The highest BCUT2D eigenvalue weighted by Gasteiger charge is 2.25. The number of amides is 1. The van der Waals surface area contributed by atoms with E-state index in [9.17, 15) is 13.2 Å². The fourth-order valence-corrected chi connectivity index (χ4v) is 4.31. The second-order valence-corrected chi connectivity index (χ2v) is 7.98. The van der Waals surface area contributed by atoms with Gasteiger partial charge in [0, 0.05) is 19.1 Å². The van der Waals surface area contributed by atoms with E-state index in [0.717, 1.165) is 12.0 Å². The molecule has 0 radical (unpaired) electrons. The van der Waals surface area contributed by atoms with Crippen LogP contribution in [0.2, 0.25) is 0 Å². The molecule has 0 unspecified atom stereocenters. The van der Waals surface area contributed by atoms with E-state index in [4.69, 9.17) is 0 Å². The van der Waals surface area contributed by atoms with Gasteiger partial charge in [-0.05, 0) is 24.8 Å². The molecule has 1 saturated heterocycles. The number of hydrogen-bond acceptors (Lipinski definition) is 3. The molecular formula is C17H26N2O3S. The van der Waals surface area contributed by atoms with Gasteiger partial charge in [-0.1, -0.05) is 43.7 Å². The van der Waals surface area contributed by atoms with Gasteiger partial charge in [0.15, 0.2) is 0 Å². The topological polar surface area (TPSA) is 66.5 Å². The smallest absolute Gasteiger partial charge is 0.226 e. The van der Waals surface area contributed by atoms with Gasteiger partial charge in [0.25, 0.3) is 0 Å². The second-order valence-electron chi connectivity index (χ2n) is 6.11. The zero-order chi connectivity index (χ0) is 16.7. The quantitative estimate of drug-likeness (QED) is 0.826. The standard InChI is InChI=1S/C17H26N2O3S/c1-2-3-13-23(21,22)18-16-9-11-19(12-10-16)17(20)14-15-7-5-4-6-8-15/h4-8,16,18H,2-3,9-14H2,1H3. The number of nitrogens with zero attached hydrogens (tertiary/aromatic N) is 1. The Morgan fingerprint density at radius 2 is 1.87 bits per heavy atom. The molecule has 23 heavy (non-hydrogen) atoms. The SMILES string of the molecule is CCCCS(=O)(=O)NC1CCN(C(=O)Cc2ccccc2)CC1. The largest absolute Gasteiger partial charge is 0.342 e. The summed E-state index contributed by atoms with van der Waals surface area (Å²) in [7, 11) is -3.18. The molecule has 0 spiro atoms. The highest BCUT2D eigenvalue weighted by atomic mass is 32.2. The van der Waals surface area contributed by atoms with Gasteiger partial charge < -0.3 is 4.90 Å². The summed E-state index contributed by atoms with van der Waals surface area (Å²) in [6.07, 6.45) is 3.34. The Morgan fingerprint density at radius 1 is 1.22 bits per heavy atom. The van der Waals surface area contributed by atoms with Gasteiger partial charge in [0.2, 0.25) is 15.9 Å². The van der Waals surface area contributed by atoms with Crippen LogP contribution < -0.4 is 4.72 Å². The minimum atomic E-state index is -3.18. The predicted octanol–water partition coefficient (Wildman–Crippen LogP) is 1.94. The van der Waals surface area contributed by atoms with Crippen LogP contribution in [0, 0.1) is 0 Å². The van der Waals surface area contributed by atoms with Crippen molar-refractivity contribution in [2.45, 2.75) is 45.1 Å². The number of nitrogens with one attached hydrogen (secondary N) is 1. The molecule has 1 aromatic rings. The van der Waals surface area contributed by atoms with Crippen molar-refractivity contribution in [2.24, 2.45) is 0 Å². The van der Waals surface area contributed by atoms with Crippen LogP contribution in [-0.2, 0) is 21.2 Å². The Kier molecular flexibility index (Phi) is 6.59. The first kappa shape index (κ1) is 17.9. The van der Waals surface area contributed by atoms with E-state index in [2.05, 4.69) is 4.72 Å². The number of carbonyl (C=O) groups is 1. The molecule has 0 atom stereocenters. The molecule has 5 nitrogen and oxygen atoms in total. The lowest BCUT2D eigenvalue weighted by atomic mass is 10.0. The fourth-order valence-electron chi connectivity index (χ4n) is 2.78. The molecule has 0 aromatic heterocycles. The average Bonchev–Trinajstić information content (AvgIpc) is 2.54. The lowest BCUT2D eigenvalue weighted by Crippen LogP contribution is -2.47. The van der Waals surface area contributed by atoms with Gasteiger partial charge in [-0.2, -0.15) is 0 Å². The molecule has 2 rings (SSSR count). The maximum atomic E-state index is 12.3. The molecular weight excluding hydrogens is 312 g/mol. The number of likely N-dealkylation sites (tertiary alicyclic amines) is 1. The minimum absolute atomic E-state index is 0.0439. The zero-order valence-corrected chi connectivity index (χ0v) is 14.5.